The minimum atomic E-state index is -0.969. The predicted molar refractivity (Wildman–Crippen MR) is 148 cm³/mol. The molecule has 1 radical (unpaired) electrons. The van der Waals surface area contributed by atoms with E-state index in [1.165, 1.54) is 33.3 Å². The molecule has 0 saturated heterocycles. The van der Waals surface area contributed by atoms with Crippen LogP contribution in [0.3, 0.4) is 0 Å². The van der Waals surface area contributed by atoms with Crippen LogP contribution in [-0.2, 0) is 10.1 Å². The smallest absolute Gasteiger partial charge is 0.330 e. The van der Waals surface area contributed by atoms with Crippen molar-refractivity contribution < 1.29 is 9.76 Å². The fourth-order valence-corrected chi connectivity index (χ4v) is 4.75. The molecule has 4 aromatic rings. The summed E-state index contributed by atoms with van der Waals surface area (Å²) < 4.78 is 6.08. The van der Waals surface area contributed by atoms with Crippen LogP contribution in [0.25, 0.3) is 10.8 Å². The molecule has 0 amide bonds. The summed E-state index contributed by atoms with van der Waals surface area (Å²) in [6.45, 7) is 11.9. The summed E-state index contributed by atoms with van der Waals surface area (Å²) in [6, 6.07) is 30.3. The molecule has 5 rings (SSSR count). The largest absolute Gasteiger partial charge is 0.427 e. The maximum Gasteiger partial charge on any atom is 0.330 e. The van der Waals surface area contributed by atoms with Crippen molar-refractivity contribution in [2.75, 3.05) is 4.90 Å². The summed E-state index contributed by atoms with van der Waals surface area (Å²) in [5.74, 6) is 0. The Bertz CT molecular complexity index is 1400. The van der Waals surface area contributed by atoms with E-state index in [4.69, 9.17) is 4.65 Å². The zero-order valence-corrected chi connectivity index (χ0v) is 21.5. The second-order valence-corrected chi connectivity index (χ2v) is 11.1. The lowest BCUT2D eigenvalue weighted by atomic mass is 9.71. The molecule has 0 unspecified atom stereocenters. The Morgan fingerprint density at radius 2 is 1.40 bits per heavy atom. The molecule has 0 spiro atoms. The quantitative estimate of drug-likeness (QED) is 0.333. The van der Waals surface area contributed by atoms with Crippen molar-refractivity contribution >= 4 is 40.8 Å². The van der Waals surface area contributed by atoms with Crippen molar-refractivity contribution in [3.8, 4) is 0 Å². The maximum absolute atomic E-state index is 10.5. The van der Waals surface area contributed by atoms with E-state index in [1.54, 1.807) is 21.3 Å². The first-order chi connectivity index (χ1) is 16.5. The number of para-hydroxylation sites is 1. The van der Waals surface area contributed by atoms with Gasteiger partial charge in [-0.3, -0.25) is 0 Å². The molecule has 0 aliphatic carbocycles. The van der Waals surface area contributed by atoms with E-state index in [0.29, 0.717) is 0 Å². The van der Waals surface area contributed by atoms with Crippen molar-refractivity contribution in [1.82, 2.24) is 0 Å². The van der Waals surface area contributed by atoms with Gasteiger partial charge in [0.25, 0.3) is 0 Å². The maximum atomic E-state index is 10.5. The number of benzene rings is 4. The molecule has 35 heavy (non-hydrogen) atoms. The van der Waals surface area contributed by atoms with Gasteiger partial charge in [0.05, 0.1) is 22.6 Å². The second kappa shape index (κ2) is 8.25. The van der Waals surface area contributed by atoms with Gasteiger partial charge in [0.15, 0.2) is 0 Å². The highest BCUT2D eigenvalue weighted by Gasteiger charge is 2.38. The normalized spacial score (nSPS) is 15.0. The first kappa shape index (κ1) is 23.7. The molecular weight excluding hydrogens is 429 g/mol. The van der Waals surface area contributed by atoms with Gasteiger partial charge in [-0.15, -0.1) is 0 Å². The van der Waals surface area contributed by atoms with E-state index >= 15 is 0 Å². The molecule has 177 valence electrons. The topological polar surface area (TPSA) is 32.7 Å². The standard InChI is InChI=1S/C31H33BNO2/c1-29(2)25-13-9-10-14-27(25)33(24-17-15-21-11-7-8-12-22(21)19-24)28-18-16-23(20-26(28)29)32-35-31(5,6)30(3,4)34/h7-20,34H,1-6H3. The summed E-state index contributed by atoms with van der Waals surface area (Å²) in [7, 11) is 1.77. The number of hydrogen-bond donors (Lipinski definition) is 1. The Morgan fingerprint density at radius 1 is 0.743 bits per heavy atom. The number of rotatable bonds is 5. The molecule has 0 fully saturated rings. The van der Waals surface area contributed by atoms with Crippen LogP contribution in [0, 0.1) is 0 Å². The van der Waals surface area contributed by atoms with Gasteiger partial charge in [0.1, 0.15) is 0 Å². The Morgan fingerprint density at radius 3 is 2.14 bits per heavy atom. The number of hydrogen-bond acceptors (Lipinski definition) is 3. The summed E-state index contributed by atoms with van der Waals surface area (Å²) >= 11 is 0. The van der Waals surface area contributed by atoms with E-state index in [1.807, 2.05) is 13.8 Å². The minimum absolute atomic E-state index is 0.186. The molecule has 4 aromatic carbocycles. The number of anilines is 3. The first-order valence-electron chi connectivity index (χ1n) is 12.3. The van der Waals surface area contributed by atoms with Crippen LogP contribution in [0.2, 0.25) is 0 Å². The van der Waals surface area contributed by atoms with Gasteiger partial charge in [0, 0.05) is 11.1 Å². The van der Waals surface area contributed by atoms with Crippen LogP contribution in [0.15, 0.2) is 84.9 Å². The van der Waals surface area contributed by atoms with Crippen LogP contribution in [0.5, 0.6) is 0 Å². The highest BCUT2D eigenvalue weighted by molar-refractivity contribution is 6.47. The number of fused-ring (bicyclic) bond motifs is 3. The molecule has 1 heterocycles. The van der Waals surface area contributed by atoms with E-state index in [2.05, 4.69) is 104 Å². The zero-order valence-electron chi connectivity index (χ0n) is 21.5. The molecule has 0 atom stereocenters. The van der Waals surface area contributed by atoms with Crippen molar-refractivity contribution in [2.24, 2.45) is 0 Å². The first-order valence-corrected chi connectivity index (χ1v) is 12.3. The third kappa shape index (κ3) is 4.05. The van der Waals surface area contributed by atoms with Crippen LogP contribution in [0.4, 0.5) is 17.1 Å². The van der Waals surface area contributed by atoms with Crippen molar-refractivity contribution in [3.63, 3.8) is 0 Å². The van der Waals surface area contributed by atoms with Crippen LogP contribution in [0.1, 0.15) is 52.7 Å². The molecule has 1 aliphatic heterocycles. The van der Waals surface area contributed by atoms with Crippen molar-refractivity contribution in [1.29, 1.82) is 0 Å². The second-order valence-electron chi connectivity index (χ2n) is 11.1. The molecule has 0 aromatic heterocycles. The Labute approximate surface area is 209 Å². The van der Waals surface area contributed by atoms with Gasteiger partial charge in [-0.05, 0) is 73.9 Å². The summed E-state index contributed by atoms with van der Waals surface area (Å²) in [5.41, 5.74) is 5.15. The minimum Gasteiger partial charge on any atom is -0.427 e. The molecule has 1 N–H and O–H groups in total. The van der Waals surface area contributed by atoms with E-state index in [-0.39, 0.29) is 5.41 Å². The van der Waals surface area contributed by atoms with Gasteiger partial charge in [-0.25, -0.2) is 0 Å². The zero-order chi connectivity index (χ0) is 25.0. The van der Waals surface area contributed by atoms with Crippen LogP contribution in [-0.4, -0.2) is 23.8 Å². The predicted octanol–water partition coefficient (Wildman–Crippen LogP) is 6.76. The lowest BCUT2D eigenvalue weighted by molar-refractivity contribution is -0.0893. The fraction of sp³-hybridized carbons (Fsp3) is 0.290. The average Bonchev–Trinajstić information content (AvgIpc) is 2.82. The Balaban J connectivity index is 1.62. The average molecular weight is 462 g/mol. The van der Waals surface area contributed by atoms with Crippen molar-refractivity contribution in [3.05, 3.63) is 96.1 Å². The highest BCUT2D eigenvalue weighted by atomic mass is 16.5. The van der Waals surface area contributed by atoms with Gasteiger partial charge < -0.3 is 14.7 Å². The summed E-state index contributed by atoms with van der Waals surface area (Å²) in [4.78, 5) is 2.37. The van der Waals surface area contributed by atoms with Crippen molar-refractivity contribution in [2.45, 2.75) is 58.2 Å². The Kier molecular flexibility index (Phi) is 5.58. The molecular formula is C31H33BNO2. The third-order valence-electron chi connectivity index (χ3n) is 7.71. The van der Waals surface area contributed by atoms with Gasteiger partial charge in [-0.2, -0.15) is 0 Å². The number of nitrogens with zero attached hydrogens (tertiary/aromatic N) is 1. The van der Waals surface area contributed by atoms with Gasteiger partial charge >= 0.3 is 7.48 Å². The molecule has 3 nitrogen and oxygen atoms in total. The van der Waals surface area contributed by atoms with E-state index in [9.17, 15) is 5.11 Å². The SMILES string of the molecule is CC1(C)c2ccccc2N(c2ccc3ccccc3c2)c2ccc([B]OC(C)(C)C(C)(C)O)cc21. The molecule has 1 aliphatic rings. The van der Waals surface area contributed by atoms with Gasteiger partial charge in [-0.1, -0.05) is 80.0 Å². The monoisotopic (exact) mass is 462 g/mol. The van der Waals surface area contributed by atoms with Gasteiger partial charge in [0.2, 0.25) is 0 Å². The lowest BCUT2D eigenvalue weighted by Gasteiger charge is -2.42. The van der Waals surface area contributed by atoms with Crippen LogP contribution < -0.4 is 10.4 Å². The molecule has 4 heteroatoms. The Hall–Kier alpha value is -3.08. The highest BCUT2D eigenvalue weighted by Crippen LogP contribution is 2.51. The number of aliphatic hydroxyl groups is 1. The van der Waals surface area contributed by atoms with E-state index < -0.39 is 11.2 Å². The summed E-state index contributed by atoms with van der Waals surface area (Å²) in [5, 5.41) is 13.0. The van der Waals surface area contributed by atoms with E-state index in [0.717, 1.165) is 11.2 Å². The van der Waals surface area contributed by atoms with Crippen LogP contribution >= 0.6 is 0 Å². The molecule has 0 bridgehead atoms. The molecule has 0 saturated carbocycles. The lowest BCUT2D eigenvalue weighted by Crippen LogP contribution is -2.49. The fourth-order valence-electron chi connectivity index (χ4n) is 4.75. The summed E-state index contributed by atoms with van der Waals surface area (Å²) in [6.07, 6.45) is 0. The third-order valence-corrected chi connectivity index (χ3v) is 7.71.